The lowest BCUT2D eigenvalue weighted by molar-refractivity contribution is 0.261. The fourth-order valence-corrected chi connectivity index (χ4v) is 3.88. The number of ether oxygens (including phenoxy) is 5. The maximum absolute atomic E-state index is 6.04. The molecule has 3 rings (SSSR count). The molecule has 0 fully saturated rings. The van der Waals surface area contributed by atoms with E-state index < -0.39 is 0 Å². The second kappa shape index (κ2) is 14.3. The van der Waals surface area contributed by atoms with Gasteiger partial charge < -0.3 is 33.5 Å². The molecule has 3 aromatic rings. The van der Waals surface area contributed by atoms with Crippen molar-refractivity contribution in [2.75, 3.05) is 75.8 Å². The molecule has 0 bridgehead atoms. The zero-order chi connectivity index (χ0) is 27.5. The van der Waals surface area contributed by atoms with Crippen LogP contribution in [0, 0.1) is 0 Å². The van der Waals surface area contributed by atoms with Gasteiger partial charge in [-0.05, 0) is 92.9 Å². The summed E-state index contributed by atoms with van der Waals surface area (Å²) in [7, 11) is 13.0. The summed E-state index contributed by atoms with van der Waals surface area (Å²) in [4.78, 5) is 4.19. The molecule has 0 atom stereocenters. The summed E-state index contributed by atoms with van der Waals surface area (Å²) in [5, 5.41) is 0. The minimum absolute atomic E-state index is 0.551. The molecule has 7 nitrogen and oxygen atoms in total. The zero-order valence-electron chi connectivity index (χ0n) is 23.6. The Hall–Kier alpha value is -3.68. The van der Waals surface area contributed by atoms with E-state index >= 15 is 0 Å². The Morgan fingerprint density at radius 1 is 0.658 bits per heavy atom. The summed E-state index contributed by atoms with van der Waals surface area (Å²) in [6.07, 6.45) is 2.14. The smallest absolute Gasteiger partial charge is 0.203 e. The normalized spacial score (nSPS) is 11.6. The van der Waals surface area contributed by atoms with Crippen LogP contribution in [0.25, 0.3) is 11.6 Å². The second-order valence-electron chi connectivity index (χ2n) is 9.38. The molecular formula is C31H40N2O5. The number of likely N-dealkylation sites (N-methyl/N-ethyl adjacent to an activating group) is 2. The van der Waals surface area contributed by atoms with Crippen LogP contribution in [0.5, 0.6) is 28.7 Å². The van der Waals surface area contributed by atoms with Crippen molar-refractivity contribution >= 4 is 11.6 Å². The van der Waals surface area contributed by atoms with Gasteiger partial charge in [-0.25, -0.2) is 0 Å². The van der Waals surface area contributed by atoms with Crippen molar-refractivity contribution in [1.82, 2.24) is 9.80 Å². The third-order valence-electron chi connectivity index (χ3n) is 5.90. The van der Waals surface area contributed by atoms with Crippen LogP contribution in [0.2, 0.25) is 0 Å². The molecule has 0 aliphatic carbocycles. The van der Waals surface area contributed by atoms with Gasteiger partial charge in [0, 0.05) is 13.1 Å². The second-order valence-corrected chi connectivity index (χ2v) is 9.38. The van der Waals surface area contributed by atoms with E-state index in [-0.39, 0.29) is 0 Å². The molecule has 0 unspecified atom stereocenters. The van der Waals surface area contributed by atoms with Crippen LogP contribution in [-0.2, 0) is 0 Å². The van der Waals surface area contributed by atoms with E-state index in [0.717, 1.165) is 46.9 Å². The Morgan fingerprint density at radius 3 is 1.74 bits per heavy atom. The molecule has 0 N–H and O–H groups in total. The predicted octanol–water partition coefficient (Wildman–Crippen LogP) is 5.18. The van der Waals surface area contributed by atoms with Gasteiger partial charge in [0.05, 0.1) is 21.3 Å². The predicted molar refractivity (Wildman–Crippen MR) is 154 cm³/mol. The number of rotatable bonds is 14. The van der Waals surface area contributed by atoms with E-state index in [1.807, 2.05) is 70.7 Å². The summed E-state index contributed by atoms with van der Waals surface area (Å²) in [5.74, 6) is 3.36. The standard InChI is InChI=1S/C31H40N2O5/c1-32(2)14-16-37-26-12-8-10-23(18-26)19-28(24-11-9-13-27(20-24)38-17-15-33(3)4)25-21-29(34-5)31(36-7)30(22-25)35-6/h8-13,18-22H,14-17H2,1-7H3/b28-19+. The molecule has 0 spiro atoms. The van der Waals surface area contributed by atoms with Crippen LogP contribution in [0.1, 0.15) is 16.7 Å². The molecule has 0 radical (unpaired) electrons. The van der Waals surface area contributed by atoms with Crippen LogP contribution in [0.3, 0.4) is 0 Å². The minimum Gasteiger partial charge on any atom is -0.493 e. The highest BCUT2D eigenvalue weighted by Crippen LogP contribution is 2.42. The van der Waals surface area contributed by atoms with Crippen LogP contribution >= 0.6 is 0 Å². The molecule has 3 aromatic carbocycles. The fourth-order valence-electron chi connectivity index (χ4n) is 3.88. The molecule has 7 heteroatoms. The lowest BCUT2D eigenvalue weighted by Gasteiger charge is -2.17. The Labute approximate surface area is 227 Å². The van der Waals surface area contributed by atoms with E-state index in [0.29, 0.717) is 30.5 Å². The topological polar surface area (TPSA) is 52.6 Å². The van der Waals surface area contributed by atoms with Gasteiger partial charge in [-0.1, -0.05) is 24.3 Å². The highest BCUT2D eigenvalue weighted by atomic mass is 16.5. The largest absolute Gasteiger partial charge is 0.493 e. The van der Waals surface area contributed by atoms with E-state index in [2.05, 4.69) is 34.1 Å². The number of benzene rings is 3. The van der Waals surface area contributed by atoms with E-state index in [4.69, 9.17) is 23.7 Å². The lowest BCUT2D eigenvalue weighted by atomic mass is 9.94. The van der Waals surface area contributed by atoms with Crippen LogP contribution in [-0.4, -0.2) is 85.6 Å². The molecule has 0 amide bonds. The van der Waals surface area contributed by atoms with Crippen molar-refractivity contribution < 1.29 is 23.7 Å². The van der Waals surface area contributed by atoms with Gasteiger partial charge in [0.2, 0.25) is 5.75 Å². The SMILES string of the molecule is COc1cc(/C(=C/c2cccc(OCCN(C)C)c2)c2cccc(OCCN(C)C)c2)cc(OC)c1OC. The van der Waals surface area contributed by atoms with Crippen LogP contribution < -0.4 is 23.7 Å². The van der Waals surface area contributed by atoms with Crippen LogP contribution in [0.4, 0.5) is 0 Å². The first kappa shape index (κ1) is 28.9. The van der Waals surface area contributed by atoms with Crippen molar-refractivity contribution in [2.24, 2.45) is 0 Å². The van der Waals surface area contributed by atoms with Gasteiger partial charge in [0.15, 0.2) is 11.5 Å². The maximum atomic E-state index is 6.04. The summed E-state index contributed by atoms with van der Waals surface area (Å²) in [6.45, 7) is 2.90. The average molecular weight is 521 g/mol. The molecule has 38 heavy (non-hydrogen) atoms. The zero-order valence-corrected chi connectivity index (χ0v) is 23.6. The van der Waals surface area contributed by atoms with Gasteiger partial charge in [-0.2, -0.15) is 0 Å². The van der Waals surface area contributed by atoms with Gasteiger partial charge in [-0.3, -0.25) is 0 Å². The third kappa shape index (κ3) is 8.16. The van der Waals surface area contributed by atoms with Crippen LogP contribution in [0.15, 0.2) is 60.7 Å². The summed E-state index contributed by atoms with van der Waals surface area (Å²) < 4.78 is 28.9. The quantitative estimate of drug-likeness (QED) is 0.272. The van der Waals surface area contributed by atoms with Crippen molar-refractivity contribution in [3.05, 3.63) is 77.4 Å². The molecule has 0 aliphatic rings. The van der Waals surface area contributed by atoms with Crippen molar-refractivity contribution in [2.45, 2.75) is 0 Å². The fraction of sp³-hybridized carbons (Fsp3) is 0.355. The molecule has 0 saturated carbocycles. The Kier molecular flexibility index (Phi) is 10.9. The summed E-state index contributed by atoms with van der Waals surface area (Å²) >= 11 is 0. The number of nitrogens with zero attached hydrogens (tertiary/aromatic N) is 2. The van der Waals surface area contributed by atoms with Crippen molar-refractivity contribution in [1.29, 1.82) is 0 Å². The Bertz CT molecular complexity index is 1180. The highest BCUT2D eigenvalue weighted by Gasteiger charge is 2.17. The van der Waals surface area contributed by atoms with E-state index in [9.17, 15) is 0 Å². The average Bonchev–Trinajstić information content (AvgIpc) is 2.91. The molecular weight excluding hydrogens is 480 g/mol. The molecule has 0 saturated heterocycles. The Balaban J connectivity index is 2.08. The van der Waals surface area contributed by atoms with Crippen molar-refractivity contribution in [3.8, 4) is 28.7 Å². The summed E-state index contributed by atoms with van der Waals surface area (Å²) in [5.41, 5.74) is 3.91. The number of hydrogen-bond acceptors (Lipinski definition) is 7. The van der Waals surface area contributed by atoms with E-state index in [1.165, 1.54) is 0 Å². The lowest BCUT2D eigenvalue weighted by Crippen LogP contribution is -2.19. The number of hydrogen-bond donors (Lipinski definition) is 0. The third-order valence-corrected chi connectivity index (χ3v) is 5.90. The van der Waals surface area contributed by atoms with Gasteiger partial charge >= 0.3 is 0 Å². The number of methoxy groups -OCH3 is 3. The monoisotopic (exact) mass is 520 g/mol. The van der Waals surface area contributed by atoms with Gasteiger partial charge in [-0.15, -0.1) is 0 Å². The molecule has 0 heterocycles. The first-order valence-corrected chi connectivity index (χ1v) is 12.6. The minimum atomic E-state index is 0.551. The highest BCUT2D eigenvalue weighted by molar-refractivity contribution is 5.93. The van der Waals surface area contributed by atoms with Gasteiger partial charge in [0.1, 0.15) is 24.7 Å². The van der Waals surface area contributed by atoms with Crippen molar-refractivity contribution in [3.63, 3.8) is 0 Å². The molecule has 0 aliphatic heterocycles. The molecule has 0 aromatic heterocycles. The summed E-state index contributed by atoms with van der Waals surface area (Å²) in [6, 6.07) is 20.1. The van der Waals surface area contributed by atoms with Gasteiger partial charge in [0.25, 0.3) is 0 Å². The Morgan fingerprint density at radius 2 is 1.21 bits per heavy atom. The maximum Gasteiger partial charge on any atom is 0.203 e. The molecule has 204 valence electrons. The first-order chi connectivity index (χ1) is 18.3. The first-order valence-electron chi connectivity index (χ1n) is 12.6. The van der Waals surface area contributed by atoms with E-state index in [1.54, 1.807) is 21.3 Å².